The zero-order valence-electron chi connectivity index (χ0n) is 25.7. The van der Waals surface area contributed by atoms with Gasteiger partial charge in [-0.25, -0.2) is 13.6 Å². The molecule has 1 aromatic rings. The zero-order valence-corrected chi connectivity index (χ0v) is 25.7. The van der Waals surface area contributed by atoms with Gasteiger partial charge in [-0.2, -0.15) is 0 Å². The minimum absolute atomic E-state index is 0.0550. The predicted octanol–water partition coefficient (Wildman–Crippen LogP) is 7.72. The number of hydrogen-bond donors (Lipinski definition) is 2. The molecule has 0 saturated heterocycles. The number of Topliss-reactive ketones (excluding diaryl/α,β-unsaturated/α-hetero) is 1. The van der Waals surface area contributed by atoms with Gasteiger partial charge in [0.15, 0.2) is 5.78 Å². The molecule has 2 aliphatic rings. The van der Waals surface area contributed by atoms with Crippen molar-refractivity contribution >= 4 is 17.4 Å². The predicted molar refractivity (Wildman–Crippen MR) is 160 cm³/mol. The van der Waals surface area contributed by atoms with E-state index in [9.17, 15) is 23.5 Å². The van der Waals surface area contributed by atoms with Gasteiger partial charge in [0.2, 0.25) is 6.43 Å². The van der Waals surface area contributed by atoms with Gasteiger partial charge in [-0.05, 0) is 87.5 Å². The lowest BCUT2D eigenvalue weighted by molar-refractivity contribution is -0.132. The largest absolute Gasteiger partial charge is 0.478 e. The lowest BCUT2D eigenvalue weighted by Gasteiger charge is -2.29. The third-order valence-corrected chi connectivity index (χ3v) is 8.51. The molecule has 1 aromatic carbocycles. The second kappa shape index (κ2) is 15.3. The number of carbonyl (C=O) groups is 2. The molecule has 0 aliphatic heterocycles. The molecule has 0 radical (unpaired) electrons. The molecule has 0 amide bonds. The second-order valence-electron chi connectivity index (χ2n) is 11.6. The zero-order chi connectivity index (χ0) is 30.1. The second-order valence-corrected chi connectivity index (χ2v) is 11.6. The van der Waals surface area contributed by atoms with E-state index < -0.39 is 18.3 Å². The minimum atomic E-state index is -2.26. The molecule has 4 unspecified atom stereocenters. The lowest BCUT2D eigenvalue weighted by atomic mass is 9.95. The summed E-state index contributed by atoms with van der Waals surface area (Å²) in [6, 6.07) is 6.07. The van der Waals surface area contributed by atoms with Gasteiger partial charge in [0, 0.05) is 36.3 Å². The quantitative estimate of drug-likeness (QED) is 0.228. The number of fused-ring (bicyclic) bond motifs is 1. The number of carbonyl (C=O) groups excluding carboxylic acids is 1. The van der Waals surface area contributed by atoms with Crippen molar-refractivity contribution in [1.29, 1.82) is 0 Å². The molecule has 5 nitrogen and oxygen atoms in total. The Morgan fingerprint density at radius 2 is 1.82 bits per heavy atom. The van der Waals surface area contributed by atoms with Crippen LogP contribution in [0.15, 0.2) is 40.6 Å². The molecule has 3 rings (SSSR count). The van der Waals surface area contributed by atoms with Crippen LogP contribution in [0.25, 0.3) is 0 Å². The molecular formula is C33H50F2N2O3. The third kappa shape index (κ3) is 8.65. The van der Waals surface area contributed by atoms with E-state index in [0.29, 0.717) is 30.5 Å². The number of halogens is 2. The number of nitrogens with one attached hydrogen (secondary N) is 1. The van der Waals surface area contributed by atoms with Gasteiger partial charge in [0.05, 0.1) is 12.1 Å². The molecule has 2 N–H and O–H groups in total. The molecular weight excluding hydrogens is 510 g/mol. The van der Waals surface area contributed by atoms with E-state index in [2.05, 4.69) is 37.1 Å². The van der Waals surface area contributed by atoms with Crippen LogP contribution in [0.2, 0.25) is 0 Å². The Kier molecular flexibility index (Phi) is 12.9. The molecule has 0 heterocycles. The fourth-order valence-electron chi connectivity index (χ4n) is 5.31. The SMILES string of the molecule is CCC(C)=C(C(=O)O)C1=C(NCC(=O)C(C)CC)CC2CC12.CCCN(CC(C)C(F)F)c1cccc(C)c1C. The third-order valence-electron chi connectivity index (χ3n) is 8.51. The molecule has 1 saturated carbocycles. The van der Waals surface area contributed by atoms with Gasteiger partial charge < -0.3 is 15.3 Å². The monoisotopic (exact) mass is 560 g/mol. The lowest BCUT2D eigenvalue weighted by Crippen LogP contribution is -2.32. The van der Waals surface area contributed by atoms with Crippen LogP contribution < -0.4 is 10.2 Å². The number of anilines is 1. The van der Waals surface area contributed by atoms with Crippen LogP contribution in [0.5, 0.6) is 0 Å². The summed E-state index contributed by atoms with van der Waals surface area (Å²) in [5, 5.41) is 12.9. The highest BCUT2D eigenvalue weighted by atomic mass is 19.3. The fourth-order valence-corrected chi connectivity index (χ4v) is 5.31. The molecule has 4 atom stereocenters. The summed E-state index contributed by atoms with van der Waals surface area (Å²) in [5.74, 6) is -0.225. The minimum Gasteiger partial charge on any atom is -0.478 e. The standard InChI is InChI=1S/C18H27NO3.C15H23F2N/c1-5-10(3)15(20)9-19-14-8-12-7-13(12)17(14)16(18(21)22)11(4)6-2;1-5-9-18(10-12(3)15(16)17)14-8-6-7-11(2)13(14)4/h10,12-13,19H,5-9H2,1-4H3,(H,21,22);6-8,12,15H,5,9-10H2,1-4H3. The Morgan fingerprint density at radius 3 is 2.38 bits per heavy atom. The van der Waals surface area contributed by atoms with Crippen molar-refractivity contribution in [2.24, 2.45) is 23.7 Å². The van der Waals surface area contributed by atoms with Crippen LogP contribution in [-0.4, -0.2) is 42.9 Å². The highest BCUT2D eigenvalue weighted by Crippen LogP contribution is 2.56. The Balaban J connectivity index is 0.000000286. The Bertz CT molecular complexity index is 1100. The summed E-state index contributed by atoms with van der Waals surface area (Å²) in [6.45, 7) is 17.2. The van der Waals surface area contributed by atoms with Gasteiger partial charge in [-0.1, -0.05) is 52.3 Å². The van der Waals surface area contributed by atoms with Crippen LogP contribution >= 0.6 is 0 Å². The number of carboxylic acids is 1. The summed E-state index contributed by atoms with van der Waals surface area (Å²) >= 11 is 0. The summed E-state index contributed by atoms with van der Waals surface area (Å²) in [6.07, 6.45) is 2.27. The van der Waals surface area contributed by atoms with E-state index in [-0.39, 0.29) is 11.7 Å². The van der Waals surface area contributed by atoms with E-state index in [4.69, 9.17) is 0 Å². The van der Waals surface area contributed by atoms with Crippen molar-refractivity contribution < 1.29 is 23.5 Å². The number of allylic oxidation sites excluding steroid dienone is 2. The van der Waals surface area contributed by atoms with Crippen molar-refractivity contribution in [3.05, 3.63) is 51.7 Å². The number of alkyl halides is 2. The number of benzene rings is 1. The van der Waals surface area contributed by atoms with Gasteiger partial charge in [0.1, 0.15) is 0 Å². The molecule has 0 aromatic heterocycles. The molecule has 7 heteroatoms. The molecule has 40 heavy (non-hydrogen) atoms. The smallest absolute Gasteiger partial charge is 0.335 e. The van der Waals surface area contributed by atoms with Gasteiger partial charge in [-0.15, -0.1) is 0 Å². The topological polar surface area (TPSA) is 69.6 Å². The van der Waals surface area contributed by atoms with Crippen molar-refractivity contribution in [2.75, 3.05) is 24.5 Å². The number of aryl methyl sites for hydroxylation is 1. The fraction of sp³-hybridized carbons (Fsp3) is 0.636. The van der Waals surface area contributed by atoms with Crippen LogP contribution in [0.3, 0.4) is 0 Å². The number of nitrogens with zero attached hydrogens (tertiary/aromatic N) is 1. The molecule has 0 bridgehead atoms. The Morgan fingerprint density at radius 1 is 1.15 bits per heavy atom. The van der Waals surface area contributed by atoms with E-state index in [1.54, 1.807) is 6.92 Å². The summed E-state index contributed by atoms with van der Waals surface area (Å²) < 4.78 is 25.4. The average Bonchev–Trinajstić information content (AvgIpc) is 3.60. The van der Waals surface area contributed by atoms with E-state index >= 15 is 0 Å². The van der Waals surface area contributed by atoms with Crippen LogP contribution in [0.4, 0.5) is 14.5 Å². The number of rotatable bonds is 14. The number of carboxylic acid groups (broad SMARTS) is 1. The highest BCUT2D eigenvalue weighted by molar-refractivity contribution is 5.94. The first-order valence-electron chi connectivity index (χ1n) is 14.9. The van der Waals surface area contributed by atoms with Crippen molar-refractivity contribution in [3.63, 3.8) is 0 Å². The number of ketones is 1. The normalized spacial score (nSPS) is 19.8. The highest BCUT2D eigenvalue weighted by Gasteiger charge is 2.49. The van der Waals surface area contributed by atoms with E-state index in [1.807, 2.05) is 39.8 Å². The van der Waals surface area contributed by atoms with Crippen LogP contribution in [0.1, 0.15) is 84.8 Å². The maximum atomic E-state index is 12.7. The van der Waals surface area contributed by atoms with Gasteiger partial charge in [0.25, 0.3) is 0 Å². The summed E-state index contributed by atoms with van der Waals surface area (Å²) in [7, 11) is 0. The van der Waals surface area contributed by atoms with Crippen LogP contribution in [-0.2, 0) is 9.59 Å². The van der Waals surface area contributed by atoms with Gasteiger partial charge in [-0.3, -0.25) is 4.79 Å². The maximum absolute atomic E-state index is 12.7. The average molecular weight is 561 g/mol. The van der Waals surface area contributed by atoms with Crippen molar-refractivity contribution in [2.45, 2.75) is 93.9 Å². The van der Waals surface area contributed by atoms with E-state index in [0.717, 1.165) is 61.2 Å². The summed E-state index contributed by atoms with van der Waals surface area (Å²) in [4.78, 5) is 25.8. The number of aliphatic carboxylic acids is 1. The first-order chi connectivity index (χ1) is 18.9. The molecule has 2 aliphatic carbocycles. The van der Waals surface area contributed by atoms with Gasteiger partial charge >= 0.3 is 5.97 Å². The molecule has 224 valence electrons. The molecule has 1 fully saturated rings. The first kappa shape index (κ1) is 33.5. The van der Waals surface area contributed by atoms with Crippen molar-refractivity contribution in [3.8, 4) is 0 Å². The van der Waals surface area contributed by atoms with Crippen LogP contribution in [0, 0.1) is 37.5 Å². The Hall–Kier alpha value is -2.70. The van der Waals surface area contributed by atoms with Crippen molar-refractivity contribution in [1.82, 2.24) is 5.32 Å². The first-order valence-corrected chi connectivity index (χ1v) is 14.9. The molecule has 0 spiro atoms. The Labute approximate surface area is 240 Å². The summed E-state index contributed by atoms with van der Waals surface area (Å²) in [5.41, 5.74) is 6.83. The number of hydrogen-bond acceptors (Lipinski definition) is 4. The van der Waals surface area contributed by atoms with E-state index in [1.165, 1.54) is 11.1 Å². The maximum Gasteiger partial charge on any atom is 0.335 e.